The van der Waals surface area contributed by atoms with Gasteiger partial charge < -0.3 is 14.6 Å². The minimum absolute atomic E-state index is 0.126. The average molecular weight is 244 g/mol. The van der Waals surface area contributed by atoms with Gasteiger partial charge in [0.1, 0.15) is 6.54 Å². The van der Waals surface area contributed by atoms with Crippen molar-refractivity contribution in [2.24, 2.45) is 5.92 Å². The third-order valence-corrected chi connectivity index (χ3v) is 3.55. The molecule has 1 aliphatic heterocycles. The van der Waals surface area contributed by atoms with Crippen molar-refractivity contribution in [3.8, 4) is 0 Å². The fourth-order valence-corrected chi connectivity index (χ4v) is 2.41. The van der Waals surface area contributed by atoms with E-state index in [1.54, 1.807) is 4.90 Å². The molecule has 3 rings (SSSR count). The standard InChI is InChI=1S/C14H16N2O2/c17-10-11-7-16(8-11)14(18)9-15-6-5-12-3-1-2-4-13(12)15/h1-6,11,17H,7-10H2. The Kier molecular flexibility index (Phi) is 2.80. The molecule has 1 aromatic carbocycles. The normalized spacial score (nSPS) is 15.9. The highest BCUT2D eigenvalue weighted by molar-refractivity contribution is 5.83. The quantitative estimate of drug-likeness (QED) is 0.878. The van der Waals surface area contributed by atoms with Gasteiger partial charge in [-0.2, -0.15) is 0 Å². The Morgan fingerprint density at radius 1 is 1.28 bits per heavy atom. The Labute approximate surface area is 105 Å². The molecule has 0 radical (unpaired) electrons. The van der Waals surface area contributed by atoms with Gasteiger partial charge in [0.05, 0.1) is 0 Å². The van der Waals surface area contributed by atoms with Gasteiger partial charge in [-0.15, -0.1) is 0 Å². The minimum atomic E-state index is 0.126. The lowest BCUT2D eigenvalue weighted by molar-refractivity contribution is -0.139. The fourth-order valence-electron chi connectivity index (χ4n) is 2.41. The van der Waals surface area contributed by atoms with Crippen molar-refractivity contribution in [1.82, 2.24) is 9.47 Å². The van der Waals surface area contributed by atoms with Crippen LogP contribution < -0.4 is 0 Å². The summed E-state index contributed by atoms with van der Waals surface area (Å²) in [7, 11) is 0. The molecule has 0 unspecified atom stereocenters. The number of aliphatic hydroxyl groups excluding tert-OH is 1. The zero-order chi connectivity index (χ0) is 12.5. The van der Waals surface area contributed by atoms with Gasteiger partial charge in [-0.05, 0) is 17.5 Å². The Bertz CT molecular complexity index is 570. The van der Waals surface area contributed by atoms with E-state index in [0.29, 0.717) is 19.6 Å². The molecule has 1 aromatic heterocycles. The number of para-hydroxylation sites is 1. The number of aliphatic hydroxyl groups is 1. The van der Waals surface area contributed by atoms with Crippen LogP contribution in [0.4, 0.5) is 0 Å². The first-order valence-electron chi connectivity index (χ1n) is 6.20. The van der Waals surface area contributed by atoms with E-state index >= 15 is 0 Å². The Morgan fingerprint density at radius 2 is 2.06 bits per heavy atom. The molecule has 2 heterocycles. The molecule has 1 fully saturated rings. The predicted molar refractivity (Wildman–Crippen MR) is 69.1 cm³/mol. The second-order valence-electron chi connectivity index (χ2n) is 4.85. The van der Waals surface area contributed by atoms with Crippen LogP contribution >= 0.6 is 0 Å². The van der Waals surface area contributed by atoms with Crippen molar-refractivity contribution in [1.29, 1.82) is 0 Å². The van der Waals surface area contributed by atoms with Crippen LogP contribution in [0.15, 0.2) is 36.5 Å². The highest BCUT2D eigenvalue weighted by Crippen LogP contribution is 2.18. The summed E-state index contributed by atoms with van der Waals surface area (Å²) in [6.45, 7) is 1.94. The van der Waals surface area contributed by atoms with E-state index in [1.165, 1.54) is 0 Å². The lowest BCUT2D eigenvalue weighted by Crippen LogP contribution is -2.52. The van der Waals surface area contributed by atoms with Crippen LogP contribution in [0.25, 0.3) is 10.9 Å². The van der Waals surface area contributed by atoms with E-state index in [1.807, 2.05) is 41.1 Å². The number of hydrogen-bond donors (Lipinski definition) is 1. The summed E-state index contributed by atoms with van der Waals surface area (Å²) in [5, 5.41) is 10.1. The zero-order valence-corrected chi connectivity index (χ0v) is 10.1. The average Bonchev–Trinajstić information content (AvgIpc) is 2.72. The molecule has 0 bridgehead atoms. The SMILES string of the molecule is O=C(Cn1ccc2ccccc21)N1CC(CO)C1. The van der Waals surface area contributed by atoms with E-state index in [0.717, 1.165) is 10.9 Å². The topological polar surface area (TPSA) is 45.5 Å². The van der Waals surface area contributed by atoms with Gasteiger partial charge in [0.15, 0.2) is 0 Å². The van der Waals surface area contributed by atoms with Crippen molar-refractivity contribution in [3.05, 3.63) is 36.5 Å². The molecular weight excluding hydrogens is 228 g/mol. The zero-order valence-electron chi connectivity index (χ0n) is 10.1. The molecule has 94 valence electrons. The van der Waals surface area contributed by atoms with Crippen LogP contribution in [-0.4, -0.2) is 40.2 Å². The smallest absolute Gasteiger partial charge is 0.242 e. The Hall–Kier alpha value is -1.81. The van der Waals surface area contributed by atoms with E-state index < -0.39 is 0 Å². The lowest BCUT2D eigenvalue weighted by atomic mass is 10.0. The van der Waals surface area contributed by atoms with Gasteiger partial charge in [-0.25, -0.2) is 0 Å². The van der Waals surface area contributed by atoms with Gasteiger partial charge in [-0.1, -0.05) is 18.2 Å². The predicted octanol–water partition coefficient (Wildman–Crippen LogP) is 1.09. The first-order chi connectivity index (χ1) is 8.78. The molecule has 0 saturated carbocycles. The number of likely N-dealkylation sites (tertiary alicyclic amines) is 1. The first-order valence-corrected chi connectivity index (χ1v) is 6.20. The van der Waals surface area contributed by atoms with E-state index in [-0.39, 0.29) is 18.4 Å². The highest BCUT2D eigenvalue weighted by Gasteiger charge is 2.29. The number of amides is 1. The highest BCUT2D eigenvalue weighted by atomic mass is 16.3. The Morgan fingerprint density at radius 3 is 2.83 bits per heavy atom. The van der Waals surface area contributed by atoms with Gasteiger partial charge in [0.2, 0.25) is 5.91 Å². The maximum Gasteiger partial charge on any atom is 0.242 e. The van der Waals surface area contributed by atoms with Crippen LogP contribution in [0.2, 0.25) is 0 Å². The summed E-state index contributed by atoms with van der Waals surface area (Å²) in [5.74, 6) is 0.399. The second kappa shape index (κ2) is 4.46. The van der Waals surface area contributed by atoms with Gasteiger partial charge in [0, 0.05) is 37.3 Å². The molecule has 1 saturated heterocycles. The van der Waals surface area contributed by atoms with Crippen LogP contribution in [0.5, 0.6) is 0 Å². The van der Waals surface area contributed by atoms with E-state index in [2.05, 4.69) is 0 Å². The third-order valence-electron chi connectivity index (χ3n) is 3.55. The molecule has 4 heteroatoms. The molecule has 0 aliphatic carbocycles. The molecule has 1 amide bonds. The summed E-state index contributed by atoms with van der Waals surface area (Å²) >= 11 is 0. The van der Waals surface area contributed by atoms with Crippen molar-refractivity contribution >= 4 is 16.8 Å². The van der Waals surface area contributed by atoms with Crippen LogP contribution in [-0.2, 0) is 11.3 Å². The summed E-state index contributed by atoms with van der Waals surface area (Å²) in [4.78, 5) is 13.8. The fraction of sp³-hybridized carbons (Fsp3) is 0.357. The van der Waals surface area contributed by atoms with Gasteiger partial charge in [0.25, 0.3) is 0 Å². The molecule has 0 spiro atoms. The molecular formula is C14H16N2O2. The van der Waals surface area contributed by atoms with Crippen LogP contribution in [0, 0.1) is 5.92 Å². The third kappa shape index (κ3) is 1.88. The summed E-state index contributed by atoms with van der Waals surface area (Å²) < 4.78 is 1.98. The number of aromatic nitrogens is 1. The molecule has 2 aromatic rings. The van der Waals surface area contributed by atoms with Crippen molar-refractivity contribution in [3.63, 3.8) is 0 Å². The monoisotopic (exact) mass is 244 g/mol. The lowest BCUT2D eigenvalue weighted by Gasteiger charge is -2.38. The molecule has 4 nitrogen and oxygen atoms in total. The first kappa shape index (κ1) is 11.3. The van der Waals surface area contributed by atoms with E-state index in [4.69, 9.17) is 5.11 Å². The summed E-state index contributed by atoms with van der Waals surface area (Å²) in [5.41, 5.74) is 1.09. The molecule has 18 heavy (non-hydrogen) atoms. The molecule has 0 atom stereocenters. The number of hydrogen-bond acceptors (Lipinski definition) is 2. The molecule has 1 aliphatic rings. The van der Waals surface area contributed by atoms with Crippen LogP contribution in [0.3, 0.4) is 0 Å². The Balaban J connectivity index is 1.71. The largest absolute Gasteiger partial charge is 0.396 e. The number of benzene rings is 1. The second-order valence-corrected chi connectivity index (χ2v) is 4.85. The number of carbonyl (C=O) groups excluding carboxylic acids is 1. The van der Waals surface area contributed by atoms with E-state index in [9.17, 15) is 4.79 Å². The summed E-state index contributed by atoms with van der Waals surface area (Å²) in [6.07, 6.45) is 1.95. The maximum atomic E-state index is 12.0. The minimum Gasteiger partial charge on any atom is -0.396 e. The summed E-state index contributed by atoms with van der Waals surface area (Å²) in [6, 6.07) is 10.1. The van der Waals surface area contributed by atoms with Gasteiger partial charge in [-0.3, -0.25) is 4.79 Å². The maximum absolute atomic E-state index is 12.0. The number of carbonyl (C=O) groups is 1. The number of fused-ring (bicyclic) bond motifs is 1. The van der Waals surface area contributed by atoms with Crippen molar-refractivity contribution < 1.29 is 9.90 Å². The van der Waals surface area contributed by atoms with Crippen molar-refractivity contribution in [2.45, 2.75) is 6.54 Å². The van der Waals surface area contributed by atoms with Crippen LogP contribution in [0.1, 0.15) is 0 Å². The number of rotatable bonds is 3. The van der Waals surface area contributed by atoms with Gasteiger partial charge >= 0.3 is 0 Å². The number of nitrogens with zero attached hydrogens (tertiary/aromatic N) is 2. The molecule has 1 N–H and O–H groups in total. The van der Waals surface area contributed by atoms with Crippen molar-refractivity contribution in [2.75, 3.05) is 19.7 Å².